The Bertz CT molecular complexity index is 934. The molecule has 1 aromatic heterocycles. The fourth-order valence-electron chi connectivity index (χ4n) is 2.45. The SMILES string of the molecule is O=C(Cn1cccc(C(F)(F)F)c1=O)Nc1ccc(NC(=O)NC2CC2)cc1. The Morgan fingerprint density at radius 1 is 1.04 bits per heavy atom. The summed E-state index contributed by atoms with van der Waals surface area (Å²) < 4.78 is 39.0. The maximum absolute atomic E-state index is 12.8. The number of nitrogens with zero attached hydrogens (tertiary/aromatic N) is 1. The molecule has 3 N–H and O–H groups in total. The molecule has 148 valence electrons. The molecule has 0 bridgehead atoms. The molecule has 28 heavy (non-hydrogen) atoms. The highest BCUT2D eigenvalue weighted by Crippen LogP contribution is 2.26. The second kappa shape index (κ2) is 7.75. The summed E-state index contributed by atoms with van der Waals surface area (Å²) in [4.78, 5) is 35.6. The predicted molar refractivity (Wildman–Crippen MR) is 96.0 cm³/mol. The summed E-state index contributed by atoms with van der Waals surface area (Å²) in [6.07, 6.45) is -1.74. The fraction of sp³-hybridized carbons (Fsp3) is 0.278. The predicted octanol–water partition coefficient (Wildman–Crippen LogP) is 2.79. The molecule has 7 nitrogen and oxygen atoms in total. The number of anilines is 2. The maximum Gasteiger partial charge on any atom is 0.421 e. The lowest BCUT2D eigenvalue weighted by molar-refractivity contribution is -0.139. The molecule has 3 amide bonds. The van der Waals surface area contributed by atoms with Crippen molar-refractivity contribution in [1.29, 1.82) is 0 Å². The van der Waals surface area contributed by atoms with Gasteiger partial charge in [0.05, 0.1) is 0 Å². The molecule has 1 fully saturated rings. The number of hydrogen-bond acceptors (Lipinski definition) is 3. The van der Waals surface area contributed by atoms with Gasteiger partial charge in [-0.2, -0.15) is 13.2 Å². The summed E-state index contributed by atoms with van der Waals surface area (Å²) in [6, 6.07) is 7.82. The van der Waals surface area contributed by atoms with Crippen molar-refractivity contribution in [3.05, 3.63) is 58.5 Å². The highest BCUT2D eigenvalue weighted by molar-refractivity contribution is 5.92. The van der Waals surface area contributed by atoms with Gasteiger partial charge in [0.25, 0.3) is 5.56 Å². The Balaban J connectivity index is 1.59. The van der Waals surface area contributed by atoms with Crippen molar-refractivity contribution in [2.24, 2.45) is 0 Å². The van der Waals surface area contributed by atoms with Gasteiger partial charge in [0.1, 0.15) is 12.1 Å². The van der Waals surface area contributed by atoms with E-state index in [0.29, 0.717) is 22.0 Å². The van der Waals surface area contributed by atoms with Crippen LogP contribution in [-0.2, 0) is 17.5 Å². The number of carbonyl (C=O) groups excluding carboxylic acids is 2. The van der Waals surface area contributed by atoms with E-state index in [2.05, 4.69) is 16.0 Å². The van der Waals surface area contributed by atoms with Crippen LogP contribution in [-0.4, -0.2) is 22.5 Å². The van der Waals surface area contributed by atoms with E-state index >= 15 is 0 Å². The molecule has 10 heteroatoms. The third-order valence-corrected chi connectivity index (χ3v) is 3.98. The largest absolute Gasteiger partial charge is 0.421 e. The number of aromatic nitrogens is 1. The number of halogens is 3. The normalized spacial score (nSPS) is 13.7. The van der Waals surface area contributed by atoms with Crippen LogP contribution in [0, 0.1) is 0 Å². The summed E-state index contributed by atoms with van der Waals surface area (Å²) >= 11 is 0. The van der Waals surface area contributed by atoms with Crippen molar-refractivity contribution in [3.63, 3.8) is 0 Å². The zero-order valence-electron chi connectivity index (χ0n) is 14.5. The first-order chi connectivity index (χ1) is 13.2. The van der Waals surface area contributed by atoms with Crippen LogP contribution in [0.3, 0.4) is 0 Å². The van der Waals surface area contributed by atoms with E-state index in [4.69, 9.17) is 0 Å². The number of nitrogens with one attached hydrogen (secondary N) is 3. The molecule has 1 saturated carbocycles. The van der Waals surface area contributed by atoms with Gasteiger partial charge in [0, 0.05) is 23.6 Å². The Kier molecular flexibility index (Phi) is 5.39. The number of carbonyl (C=O) groups is 2. The number of amides is 3. The van der Waals surface area contributed by atoms with Crippen LogP contribution in [0.5, 0.6) is 0 Å². The van der Waals surface area contributed by atoms with Gasteiger partial charge >= 0.3 is 12.2 Å². The van der Waals surface area contributed by atoms with Gasteiger partial charge in [-0.05, 0) is 49.2 Å². The Hall–Kier alpha value is -3.30. The van der Waals surface area contributed by atoms with Crippen LogP contribution < -0.4 is 21.5 Å². The second-order valence-electron chi connectivity index (χ2n) is 6.35. The van der Waals surface area contributed by atoms with Crippen molar-refractivity contribution < 1.29 is 22.8 Å². The first kappa shape index (κ1) is 19.5. The number of alkyl halides is 3. The van der Waals surface area contributed by atoms with E-state index in [-0.39, 0.29) is 12.1 Å². The van der Waals surface area contributed by atoms with Gasteiger partial charge in [0.15, 0.2) is 0 Å². The Morgan fingerprint density at radius 3 is 2.21 bits per heavy atom. The van der Waals surface area contributed by atoms with Crippen LogP contribution in [0.1, 0.15) is 18.4 Å². The Labute approximate surface area is 157 Å². The molecule has 1 aliphatic carbocycles. The minimum absolute atomic E-state index is 0.220. The number of rotatable bonds is 5. The van der Waals surface area contributed by atoms with E-state index in [0.717, 1.165) is 25.1 Å². The molecule has 3 rings (SSSR count). The van der Waals surface area contributed by atoms with Crippen molar-refractivity contribution in [1.82, 2.24) is 9.88 Å². The third-order valence-electron chi connectivity index (χ3n) is 3.98. The van der Waals surface area contributed by atoms with E-state index in [1.807, 2.05) is 0 Å². The van der Waals surface area contributed by atoms with Crippen molar-refractivity contribution in [3.8, 4) is 0 Å². The van der Waals surface area contributed by atoms with E-state index in [9.17, 15) is 27.6 Å². The molecule has 1 heterocycles. The molecule has 1 aliphatic rings. The number of benzene rings is 1. The number of pyridine rings is 1. The first-order valence-corrected chi connectivity index (χ1v) is 8.46. The van der Waals surface area contributed by atoms with E-state index in [1.54, 1.807) is 12.1 Å². The summed E-state index contributed by atoms with van der Waals surface area (Å²) in [6.45, 7) is -0.563. The fourth-order valence-corrected chi connectivity index (χ4v) is 2.45. The molecule has 0 spiro atoms. The van der Waals surface area contributed by atoms with Crippen molar-refractivity contribution in [2.45, 2.75) is 31.6 Å². The highest BCUT2D eigenvalue weighted by Gasteiger charge is 2.34. The molecule has 0 saturated heterocycles. The van der Waals surface area contributed by atoms with Gasteiger partial charge in [0.2, 0.25) is 5.91 Å². The molecule has 0 aliphatic heterocycles. The summed E-state index contributed by atoms with van der Waals surface area (Å²) in [5, 5.41) is 7.90. The highest BCUT2D eigenvalue weighted by atomic mass is 19.4. The topological polar surface area (TPSA) is 92.2 Å². The monoisotopic (exact) mass is 394 g/mol. The molecular formula is C18H17F3N4O3. The number of urea groups is 1. The second-order valence-corrected chi connectivity index (χ2v) is 6.35. The molecular weight excluding hydrogens is 377 g/mol. The molecule has 2 aromatic rings. The van der Waals surface area contributed by atoms with E-state index < -0.39 is 29.8 Å². The molecule has 0 unspecified atom stereocenters. The molecule has 1 aromatic carbocycles. The summed E-state index contributed by atoms with van der Waals surface area (Å²) in [5.41, 5.74) is -1.72. The van der Waals surface area contributed by atoms with Crippen molar-refractivity contribution >= 4 is 23.3 Å². The molecule has 0 radical (unpaired) electrons. The van der Waals surface area contributed by atoms with Gasteiger partial charge < -0.3 is 20.5 Å². The van der Waals surface area contributed by atoms with Crippen LogP contribution in [0.25, 0.3) is 0 Å². The first-order valence-electron chi connectivity index (χ1n) is 8.46. The van der Waals surface area contributed by atoms with Crippen LogP contribution in [0.15, 0.2) is 47.4 Å². The van der Waals surface area contributed by atoms with Gasteiger partial charge in [-0.3, -0.25) is 9.59 Å². The average Bonchev–Trinajstić information content (AvgIpc) is 3.41. The Morgan fingerprint density at radius 2 is 1.64 bits per heavy atom. The standard InChI is InChI=1S/C18H17F3N4O3/c19-18(20,21)14-2-1-9-25(16(14)27)10-15(26)22-11-3-5-12(6-4-11)23-17(28)24-13-7-8-13/h1-6,9,13H,7-8,10H2,(H,22,26)(H2,23,24,28). The quantitative estimate of drug-likeness (QED) is 0.728. The van der Waals surface area contributed by atoms with Crippen molar-refractivity contribution in [2.75, 3.05) is 10.6 Å². The maximum atomic E-state index is 12.8. The zero-order chi connectivity index (χ0) is 20.3. The summed E-state index contributed by atoms with van der Waals surface area (Å²) in [5.74, 6) is -0.659. The number of hydrogen-bond donors (Lipinski definition) is 3. The van der Waals surface area contributed by atoms with Crippen LogP contribution >= 0.6 is 0 Å². The average molecular weight is 394 g/mol. The van der Waals surface area contributed by atoms with Crippen LogP contribution in [0.2, 0.25) is 0 Å². The lowest BCUT2D eigenvalue weighted by atomic mass is 10.2. The smallest absolute Gasteiger partial charge is 0.335 e. The lowest BCUT2D eigenvalue weighted by Gasteiger charge is -2.11. The third kappa shape index (κ3) is 5.12. The van der Waals surface area contributed by atoms with Gasteiger partial charge in [-0.1, -0.05) is 0 Å². The lowest BCUT2D eigenvalue weighted by Crippen LogP contribution is -2.32. The van der Waals surface area contributed by atoms with E-state index in [1.165, 1.54) is 12.1 Å². The van der Waals surface area contributed by atoms with Gasteiger partial charge in [-0.15, -0.1) is 0 Å². The van der Waals surface area contributed by atoms with Crippen LogP contribution in [0.4, 0.5) is 29.3 Å². The molecule has 0 atom stereocenters. The van der Waals surface area contributed by atoms with Gasteiger partial charge in [-0.25, -0.2) is 4.79 Å². The minimum atomic E-state index is -4.79. The summed E-state index contributed by atoms with van der Waals surface area (Å²) in [7, 11) is 0. The zero-order valence-corrected chi connectivity index (χ0v) is 14.5. The minimum Gasteiger partial charge on any atom is -0.335 e.